The summed E-state index contributed by atoms with van der Waals surface area (Å²) >= 11 is 1.61. The van der Waals surface area contributed by atoms with Crippen LogP contribution in [0.25, 0.3) is 0 Å². The van der Waals surface area contributed by atoms with E-state index >= 15 is 0 Å². The second-order valence-electron chi connectivity index (χ2n) is 6.45. The fraction of sp³-hybridized carbons (Fsp3) is 0.300. The number of nitrogens with zero attached hydrogens (tertiary/aromatic N) is 2. The number of rotatable bonds is 3. The van der Waals surface area contributed by atoms with Gasteiger partial charge in [0, 0.05) is 25.8 Å². The minimum atomic E-state index is -0.776. The Hall–Kier alpha value is -2.27. The second-order valence-corrected chi connectivity index (χ2v) is 7.77. The maximum absolute atomic E-state index is 13.2. The Labute approximate surface area is 151 Å². The summed E-state index contributed by atoms with van der Waals surface area (Å²) in [6, 6.07) is 20.0. The first-order valence-electron chi connectivity index (χ1n) is 8.46. The van der Waals surface area contributed by atoms with Gasteiger partial charge in [-0.3, -0.25) is 9.59 Å². The van der Waals surface area contributed by atoms with Gasteiger partial charge in [-0.15, -0.1) is 11.8 Å². The van der Waals surface area contributed by atoms with Crippen LogP contribution in [-0.4, -0.2) is 38.8 Å². The fourth-order valence-corrected chi connectivity index (χ4v) is 5.52. The van der Waals surface area contributed by atoms with Crippen LogP contribution in [0.2, 0.25) is 0 Å². The lowest BCUT2D eigenvalue weighted by Crippen LogP contribution is -2.72. The number of amides is 2. The summed E-state index contributed by atoms with van der Waals surface area (Å²) < 4.78 is 0. The number of thioether (sulfide) groups is 1. The Morgan fingerprint density at radius 1 is 1.12 bits per heavy atom. The van der Waals surface area contributed by atoms with Crippen molar-refractivity contribution in [2.24, 2.45) is 0 Å². The normalized spacial score (nSPS) is 25.3. The molecule has 2 atom stereocenters. The van der Waals surface area contributed by atoms with Crippen molar-refractivity contribution in [1.29, 1.82) is 0 Å². The minimum absolute atomic E-state index is 0.0290. The molecule has 2 aromatic carbocycles. The molecule has 0 saturated carbocycles. The summed E-state index contributed by atoms with van der Waals surface area (Å²) in [5.41, 5.74) is 2.18. The summed E-state index contributed by atoms with van der Waals surface area (Å²) in [7, 11) is 0. The summed E-state index contributed by atoms with van der Waals surface area (Å²) in [4.78, 5) is 28.3. The monoisotopic (exact) mass is 352 g/mol. The molecule has 2 aliphatic rings. The quantitative estimate of drug-likeness (QED) is 0.797. The van der Waals surface area contributed by atoms with E-state index in [1.54, 1.807) is 23.6 Å². The minimum Gasteiger partial charge on any atom is -0.325 e. The van der Waals surface area contributed by atoms with Gasteiger partial charge in [0.2, 0.25) is 5.91 Å². The molecular weight excluding hydrogens is 332 g/mol. The van der Waals surface area contributed by atoms with Gasteiger partial charge in [0.05, 0.1) is 6.04 Å². The van der Waals surface area contributed by atoms with E-state index in [1.807, 2.05) is 65.6 Å². The molecule has 2 amide bonds. The Kier molecular flexibility index (Phi) is 4.04. The zero-order valence-corrected chi connectivity index (χ0v) is 14.9. The van der Waals surface area contributed by atoms with Crippen molar-refractivity contribution in [3.8, 4) is 0 Å². The van der Waals surface area contributed by atoms with Crippen LogP contribution >= 0.6 is 11.8 Å². The molecule has 0 radical (unpaired) electrons. The van der Waals surface area contributed by atoms with E-state index < -0.39 is 4.87 Å². The number of hydrogen-bond donors (Lipinski definition) is 0. The molecule has 0 bridgehead atoms. The Balaban J connectivity index is 1.73. The Morgan fingerprint density at radius 3 is 2.40 bits per heavy atom. The van der Waals surface area contributed by atoms with Gasteiger partial charge in [0.15, 0.2) is 4.87 Å². The highest BCUT2D eigenvalue weighted by molar-refractivity contribution is 8.01. The van der Waals surface area contributed by atoms with E-state index in [9.17, 15) is 9.59 Å². The van der Waals surface area contributed by atoms with Gasteiger partial charge in [0.1, 0.15) is 0 Å². The van der Waals surface area contributed by atoms with Gasteiger partial charge in [0.25, 0.3) is 5.91 Å². The van der Waals surface area contributed by atoms with Crippen molar-refractivity contribution >= 4 is 23.6 Å². The van der Waals surface area contributed by atoms with Crippen LogP contribution < -0.4 is 0 Å². The number of benzene rings is 2. The molecule has 2 saturated heterocycles. The molecule has 1 spiro atoms. The molecule has 4 rings (SSSR count). The third-order valence-corrected chi connectivity index (χ3v) is 6.42. The van der Waals surface area contributed by atoms with Crippen molar-refractivity contribution in [3.05, 3.63) is 71.8 Å². The third-order valence-electron chi connectivity index (χ3n) is 4.98. The van der Waals surface area contributed by atoms with Crippen LogP contribution in [0.15, 0.2) is 60.7 Å². The molecule has 5 heteroatoms. The standard InChI is InChI=1S/C20H20N2O2S/c1-15(23)22-12-13-25-20(22)18(17-10-6-3-7-11-17)21(19(20)24)14-16-8-4-2-5-9-16/h2-11,18H,12-14H2,1H3/t18-,20-/m0/s1. The number of hydrogen-bond acceptors (Lipinski definition) is 3. The molecule has 2 fully saturated rings. The van der Waals surface area contributed by atoms with Gasteiger partial charge in [-0.1, -0.05) is 60.7 Å². The van der Waals surface area contributed by atoms with Crippen LogP contribution in [0.5, 0.6) is 0 Å². The highest BCUT2D eigenvalue weighted by Gasteiger charge is 2.67. The van der Waals surface area contributed by atoms with Crippen LogP contribution in [-0.2, 0) is 16.1 Å². The Bertz CT molecular complexity index is 796. The molecule has 25 heavy (non-hydrogen) atoms. The summed E-state index contributed by atoms with van der Waals surface area (Å²) in [5.74, 6) is 0.815. The zero-order valence-electron chi connectivity index (χ0n) is 14.1. The summed E-state index contributed by atoms with van der Waals surface area (Å²) in [6.07, 6.45) is 0. The number of β-lactam (4-membered cyclic amide) rings is 1. The zero-order chi connectivity index (χ0) is 17.4. The number of likely N-dealkylation sites (tertiary alicyclic amines) is 1. The van der Waals surface area contributed by atoms with E-state index in [-0.39, 0.29) is 17.9 Å². The lowest BCUT2D eigenvalue weighted by atomic mass is 9.85. The highest BCUT2D eigenvalue weighted by Crippen LogP contribution is 2.56. The lowest BCUT2D eigenvalue weighted by molar-refractivity contribution is -0.170. The first-order valence-corrected chi connectivity index (χ1v) is 9.45. The molecule has 0 N–H and O–H groups in total. The largest absolute Gasteiger partial charge is 0.325 e. The molecule has 2 heterocycles. The van der Waals surface area contributed by atoms with Crippen LogP contribution in [0.1, 0.15) is 24.1 Å². The SMILES string of the molecule is CC(=O)N1CCS[C@@]12C(=O)N(Cc1ccccc1)[C@H]2c1ccccc1. The smallest absolute Gasteiger partial charge is 0.262 e. The van der Waals surface area contributed by atoms with Crippen LogP contribution in [0.4, 0.5) is 0 Å². The van der Waals surface area contributed by atoms with Crippen molar-refractivity contribution in [1.82, 2.24) is 9.80 Å². The summed E-state index contributed by atoms with van der Waals surface area (Å²) in [6.45, 7) is 2.75. The third kappa shape index (κ3) is 2.45. The van der Waals surface area contributed by atoms with E-state index in [4.69, 9.17) is 0 Å². The second kappa shape index (κ2) is 6.23. The first-order chi connectivity index (χ1) is 12.1. The van der Waals surface area contributed by atoms with Crippen LogP contribution in [0, 0.1) is 0 Å². The first kappa shape index (κ1) is 16.2. The van der Waals surface area contributed by atoms with Gasteiger partial charge < -0.3 is 9.80 Å². The average Bonchev–Trinajstić information content (AvgIpc) is 3.10. The van der Waals surface area contributed by atoms with Gasteiger partial charge in [-0.2, -0.15) is 0 Å². The van der Waals surface area contributed by atoms with Crippen LogP contribution in [0.3, 0.4) is 0 Å². The van der Waals surface area contributed by atoms with Gasteiger partial charge in [-0.25, -0.2) is 0 Å². The fourth-order valence-electron chi connectivity index (χ4n) is 3.90. The van der Waals surface area contributed by atoms with E-state index in [2.05, 4.69) is 0 Å². The predicted molar refractivity (Wildman–Crippen MR) is 98.8 cm³/mol. The molecule has 2 aromatic rings. The van der Waals surface area contributed by atoms with E-state index in [0.717, 1.165) is 16.9 Å². The Morgan fingerprint density at radius 2 is 1.76 bits per heavy atom. The molecule has 0 aliphatic carbocycles. The number of carbonyl (C=O) groups excluding carboxylic acids is 2. The van der Waals surface area contributed by atoms with Gasteiger partial charge >= 0.3 is 0 Å². The van der Waals surface area contributed by atoms with Crippen molar-refractivity contribution in [2.45, 2.75) is 24.4 Å². The van der Waals surface area contributed by atoms with Gasteiger partial charge in [-0.05, 0) is 11.1 Å². The molecule has 0 aromatic heterocycles. The maximum Gasteiger partial charge on any atom is 0.262 e. The molecule has 4 nitrogen and oxygen atoms in total. The molecule has 128 valence electrons. The topological polar surface area (TPSA) is 40.6 Å². The average molecular weight is 352 g/mol. The van der Waals surface area contributed by atoms with Crippen molar-refractivity contribution < 1.29 is 9.59 Å². The number of carbonyl (C=O) groups is 2. The lowest BCUT2D eigenvalue weighted by Gasteiger charge is -2.57. The predicted octanol–water partition coefficient (Wildman–Crippen LogP) is 3.06. The maximum atomic E-state index is 13.2. The van der Waals surface area contributed by atoms with Crippen molar-refractivity contribution in [3.63, 3.8) is 0 Å². The molecule has 0 unspecified atom stereocenters. The van der Waals surface area contributed by atoms with E-state index in [1.165, 1.54) is 0 Å². The highest BCUT2D eigenvalue weighted by atomic mass is 32.2. The van der Waals surface area contributed by atoms with E-state index in [0.29, 0.717) is 13.1 Å². The molecular formula is C20H20N2O2S. The summed E-state index contributed by atoms with van der Waals surface area (Å²) in [5, 5.41) is 0. The van der Waals surface area contributed by atoms with Crippen molar-refractivity contribution in [2.75, 3.05) is 12.3 Å². The molecule has 2 aliphatic heterocycles.